The minimum atomic E-state index is 0. The van der Waals surface area contributed by atoms with E-state index in [1.807, 2.05) is 0 Å². The van der Waals surface area contributed by atoms with Crippen LogP contribution in [0.5, 0.6) is 0 Å². The zero-order valence-electron chi connectivity index (χ0n) is 4.30. The van der Waals surface area contributed by atoms with Crippen molar-refractivity contribution in [3.05, 3.63) is 6.57 Å². The van der Waals surface area contributed by atoms with Crippen LogP contribution in [0.3, 0.4) is 0 Å². The summed E-state index contributed by atoms with van der Waals surface area (Å²) in [6, 6.07) is 0. The third kappa shape index (κ3) is 70.0. The quantitative estimate of drug-likeness (QED) is 0.194. The van der Waals surface area contributed by atoms with Crippen LogP contribution in [0.15, 0.2) is 0 Å². The normalized spacial score (nSPS) is 1.29. The number of hydrogen-bond acceptors (Lipinski definition) is 3. The van der Waals surface area contributed by atoms with Crippen LogP contribution < -0.4 is 108 Å². The maximum absolute atomic E-state index is 8.24. The van der Waals surface area contributed by atoms with Gasteiger partial charge >= 0.3 is 103 Å². The molecule has 0 saturated heterocycles. The van der Waals surface area contributed by atoms with E-state index in [2.05, 4.69) is 0 Å². The van der Waals surface area contributed by atoms with Crippen molar-refractivity contribution in [2.75, 3.05) is 0 Å². The third-order valence-electron chi connectivity index (χ3n) is 0. The van der Waals surface area contributed by atoms with Crippen molar-refractivity contribution < 1.29 is 108 Å². The molecule has 0 aromatic carbocycles. The predicted octanol–water partition coefficient (Wildman–Crippen LogP) is -7.07. The second kappa shape index (κ2) is 43.0. The summed E-state index contributed by atoms with van der Waals surface area (Å²) in [6.07, 6.45) is 0.500. The molecule has 7 heavy (non-hydrogen) atoms. The molecular weight excluding hydrogens is 146 g/mol. The SMILES string of the molecule is N#C[O-].[C-]#N.[K+].[K+]. The summed E-state index contributed by atoms with van der Waals surface area (Å²) in [4.78, 5) is 0. The van der Waals surface area contributed by atoms with E-state index in [1.54, 1.807) is 0 Å². The molecule has 0 aliphatic heterocycles. The summed E-state index contributed by atoms with van der Waals surface area (Å²) in [7, 11) is 0. The van der Waals surface area contributed by atoms with Gasteiger partial charge in [0, 0.05) is 6.26 Å². The van der Waals surface area contributed by atoms with Gasteiger partial charge in [-0.2, -0.15) is 0 Å². The number of hydrogen-bond donors (Lipinski definition) is 0. The van der Waals surface area contributed by atoms with Gasteiger partial charge in [0.25, 0.3) is 0 Å². The van der Waals surface area contributed by atoms with Gasteiger partial charge in [-0.05, 0) is 0 Å². The Balaban J connectivity index is -0.0000000105. The fourth-order valence-corrected chi connectivity index (χ4v) is 0. The summed E-state index contributed by atoms with van der Waals surface area (Å²) in [6.45, 7) is 4.75. The van der Waals surface area contributed by atoms with Crippen molar-refractivity contribution in [1.29, 1.82) is 10.5 Å². The topological polar surface area (TPSA) is 70.6 Å². The Morgan fingerprint density at radius 2 is 1.29 bits per heavy atom. The first-order valence-electron chi connectivity index (χ1n) is 0.651. The standard InChI is InChI=1S/CHNO.CN.2K/c2-1-3;1-2;;/h3H;;;/q;-1;2*+1/p-1. The molecule has 0 N–H and O–H groups in total. The van der Waals surface area contributed by atoms with Gasteiger partial charge in [0.2, 0.25) is 0 Å². The first kappa shape index (κ1) is 23.0. The Kier molecular flexibility index (Phi) is 141. The van der Waals surface area contributed by atoms with E-state index in [0.717, 1.165) is 0 Å². The smallest absolute Gasteiger partial charge is 0.812 e. The van der Waals surface area contributed by atoms with E-state index in [1.165, 1.54) is 0 Å². The molecular formula is C2K2N2O. The van der Waals surface area contributed by atoms with Gasteiger partial charge in [0.15, 0.2) is 0 Å². The first-order chi connectivity index (χ1) is 2.41. The zero-order chi connectivity index (χ0) is 4.71. The number of nitrogens with zero attached hydrogens (tertiary/aromatic N) is 2. The minimum absolute atomic E-state index is 0. The average molecular weight is 146 g/mol. The van der Waals surface area contributed by atoms with Gasteiger partial charge in [0.1, 0.15) is 0 Å². The second-order valence-corrected chi connectivity index (χ2v) is 0.0913. The Morgan fingerprint density at radius 3 is 1.29 bits per heavy atom. The van der Waals surface area contributed by atoms with E-state index < -0.39 is 0 Å². The Labute approximate surface area is 128 Å². The van der Waals surface area contributed by atoms with Crippen LogP contribution in [0.25, 0.3) is 0 Å². The molecule has 0 aliphatic carbocycles. The maximum atomic E-state index is 8.24. The predicted molar refractivity (Wildman–Crippen MR) is 10.6 cm³/mol. The van der Waals surface area contributed by atoms with E-state index in [9.17, 15) is 0 Å². The maximum Gasteiger partial charge on any atom is 1.00 e. The van der Waals surface area contributed by atoms with Crippen molar-refractivity contribution in [2.45, 2.75) is 0 Å². The molecule has 0 aliphatic rings. The summed E-state index contributed by atoms with van der Waals surface area (Å²) in [5.74, 6) is 0. The zero-order valence-corrected chi connectivity index (χ0v) is 10.5. The van der Waals surface area contributed by atoms with Crippen LogP contribution in [0.1, 0.15) is 0 Å². The first-order valence-corrected chi connectivity index (χ1v) is 0.651. The Morgan fingerprint density at radius 1 is 1.29 bits per heavy atom. The monoisotopic (exact) mass is 146 g/mol. The minimum Gasteiger partial charge on any atom is -0.812 e. The Hall–Kier alpha value is 2.05. The molecule has 0 aromatic heterocycles. The number of nitriles is 1. The van der Waals surface area contributed by atoms with E-state index in [4.69, 9.17) is 22.2 Å². The van der Waals surface area contributed by atoms with Gasteiger partial charge in [0.05, 0.1) is 0 Å². The molecule has 0 fully saturated rings. The van der Waals surface area contributed by atoms with Crippen molar-refractivity contribution in [1.82, 2.24) is 0 Å². The molecule has 0 atom stereocenters. The Bertz CT molecular complexity index is 56.4. The summed E-state index contributed by atoms with van der Waals surface area (Å²) in [5.41, 5.74) is 0. The van der Waals surface area contributed by atoms with Crippen LogP contribution in [0.2, 0.25) is 0 Å². The van der Waals surface area contributed by atoms with Crippen LogP contribution in [-0.2, 0) is 0 Å². The third-order valence-corrected chi connectivity index (χ3v) is 0. The molecule has 0 saturated carbocycles. The molecule has 3 nitrogen and oxygen atoms in total. The summed E-state index contributed by atoms with van der Waals surface area (Å²) < 4.78 is 0. The van der Waals surface area contributed by atoms with E-state index in [0.29, 0.717) is 6.26 Å². The molecule has 26 valence electrons. The van der Waals surface area contributed by atoms with Crippen molar-refractivity contribution >= 4 is 0 Å². The largest absolute Gasteiger partial charge is 1.00 e. The fraction of sp³-hybridized carbons (Fsp3) is 0. The molecule has 0 aromatic rings. The van der Waals surface area contributed by atoms with Crippen molar-refractivity contribution in [3.63, 3.8) is 0 Å². The van der Waals surface area contributed by atoms with Gasteiger partial charge in [-0.15, -0.1) is 0 Å². The molecule has 0 spiro atoms. The van der Waals surface area contributed by atoms with Gasteiger partial charge in [-0.1, -0.05) is 0 Å². The van der Waals surface area contributed by atoms with Crippen molar-refractivity contribution in [3.8, 4) is 6.26 Å². The molecule has 5 heteroatoms. The summed E-state index contributed by atoms with van der Waals surface area (Å²) in [5, 5.41) is 21.2. The molecule has 0 heterocycles. The fourth-order valence-electron chi connectivity index (χ4n) is 0. The molecule has 0 bridgehead atoms. The van der Waals surface area contributed by atoms with Crippen LogP contribution in [0, 0.1) is 23.4 Å². The second-order valence-electron chi connectivity index (χ2n) is 0.0913. The molecule has 0 radical (unpaired) electrons. The summed E-state index contributed by atoms with van der Waals surface area (Å²) >= 11 is 0. The van der Waals surface area contributed by atoms with Gasteiger partial charge in [-0.25, -0.2) is 5.26 Å². The molecule has 0 amide bonds. The van der Waals surface area contributed by atoms with Gasteiger partial charge < -0.3 is 16.9 Å². The van der Waals surface area contributed by atoms with Crippen LogP contribution in [0.4, 0.5) is 0 Å². The average Bonchev–Trinajstić information content (AvgIpc) is 1.46. The van der Waals surface area contributed by atoms with Crippen LogP contribution in [-0.4, -0.2) is 0 Å². The number of rotatable bonds is 0. The van der Waals surface area contributed by atoms with E-state index >= 15 is 0 Å². The van der Waals surface area contributed by atoms with Gasteiger partial charge in [-0.3, -0.25) is 0 Å². The van der Waals surface area contributed by atoms with Crippen molar-refractivity contribution in [2.24, 2.45) is 0 Å². The van der Waals surface area contributed by atoms with Crippen LogP contribution >= 0.6 is 0 Å². The molecule has 0 unspecified atom stereocenters. The van der Waals surface area contributed by atoms with E-state index in [-0.39, 0.29) is 103 Å². The molecule has 0 rings (SSSR count).